The number of hydrogen-bond acceptors (Lipinski definition) is 8. The number of carbonyl (C=O) groups is 1. The molecule has 0 atom stereocenters. The van der Waals surface area contributed by atoms with Crippen LogP contribution >= 0.6 is 11.8 Å². The lowest BCUT2D eigenvalue weighted by Gasteiger charge is -2.11. The number of amides is 1. The molecule has 0 aliphatic rings. The fraction of sp³-hybridized carbons (Fsp3) is 0.185. The molecule has 1 aromatic heterocycles. The van der Waals surface area contributed by atoms with E-state index in [0.717, 1.165) is 22.6 Å². The van der Waals surface area contributed by atoms with Gasteiger partial charge in [-0.15, -0.1) is 10.2 Å². The summed E-state index contributed by atoms with van der Waals surface area (Å²) >= 11 is 1.27. The highest BCUT2D eigenvalue weighted by Crippen LogP contribution is 2.29. The van der Waals surface area contributed by atoms with Crippen LogP contribution in [0.1, 0.15) is 11.1 Å². The number of hydrazone groups is 1. The minimum absolute atomic E-state index is 0.0965. The third kappa shape index (κ3) is 6.28. The van der Waals surface area contributed by atoms with Crippen molar-refractivity contribution < 1.29 is 19.0 Å². The van der Waals surface area contributed by atoms with Gasteiger partial charge in [-0.25, -0.2) is 5.43 Å². The Kier molecular flexibility index (Phi) is 8.42. The standard InChI is InChI=1S/C27H27N5O4S/c1-18-5-7-19(8-6-18)26-30-31-27(32(26)21-10-13-22(34-2)14-11-21)37-17-25(33)29-28-16-20-9-12-23(35-3)15-24(20)36-4/h5-16H,17H2,1-4H3,(H,29,33)/b28-16-. The number of methoxy groups -OCH3 is 3. The summed E-state index contributed by atoms with van der Waals surface area (Å²) in [6.07, 6.45) is 1.52. The van der Waals surface area contributed by atoms with Gasteiger partial charge in [0.15, 0.2) is 11.0 Å². The van der Waals surface area contributed by atoms with Gasteiger partial charge in [-0.1, -0.05) is 41.6 Å². The van der Waals surface area contributed by atoms with Crippen molar-refractivity contribution in [2.24, 2.45) is 5.10 Å². The summed E-state index contributed by atoms with van der Waals surface area (Å²) in [5, 5.41) is 13.4. The molecule has 10 heteroatoms. The SMILES string of the molecule is COc1ccc(-n2c(SCC(=O)N/N=C\c3ccc(OC)cc3OC)nnc2-c2ccc(C)cc2)cc1. The molecule has 0 radical (unpaired) electrons. The van der Waals surface area contributed by atoms with Gasteiger partial charge in [0.1, 0.15) is 17.2 Å². The first kappa shape index (κ1) is 25.8. The topological polar surface area (TPSA) is 99.9 Å². The fourth-order valence-electron chi connectivity index (χ4n) is 3.48. The van der Waals surface area contributed by atoms with E-state index in [0.29, 0.717) is 28.0 Å². The third-order valence-corrected chi connectivity index (χ3v) is 6.37. The first-order chi connectivity index (χ1) is 18.0. The Bertz CT molecular complexity index is 1390. The van der Waals surface area contributed by atoms with Crippen molar-refractivity contribution >= 4 is 23.9 Å². The Hall–Kier alpha value is -4.31. The van der Waals surface area contributed by atoms with E-state index in [4.69, 9.17) is 14.2 Å². The summed E-state index contributed by atoms with van der Waals surface area (Å²) in [5.41, 5.74) is 6.18. The van der Waals surface area contributed by atoms with Gasteiger partial charge in [0.25, 0.3) is 5.91 Å². The van der Waals surface area contributed by atoms with Crippen LogP contribution in [0.2, 0.25) is 0 Å². The summed E-state index contributed by atoms with van der Waals surface area (Å²) < 4.78 is 17.8. The molecule has 37 heavy (non-hydrogen) atoms. The molecule has 0 fully saturated rings. The molecule has 3 aromatic carbocycles. The molecule has 0 unspecified atom stereocenters. The highest BCUT2D eigenvalue weighted by atomic mass is 32.2. The number of benzene rings is 3. The van der Waals surface area contributed by atoms with E-state index < -0.39 is 0 Å². The van der Waals surface area contributed by atoms with E-state index in [9.17, 15) is 4.79 Å². The second-order valence-corrected chi connectivity index (χ2v) is 8.84. The second-order valence-electron chi connectivity index (χ2n) is 7.90. The first-order valence-corrected chi connectivity index (χ1v) is 12.3. The van der Waals surface area contributed by atoms with Crippen molar-refractivity contribution in [3.05, 3.63) is 77.9 Å². The average molecular weight is 518 g/mol. The van der Waals surface area contributed by atoms with Gasteiger partial charge in [0, 0.05) is 22.9 Å². The molecule has 9 nitrogen and oxygen atoms in total. The van der Waals surface area contributed by atoms with Gasteiger partial charge < -0.3 is 14.2 Å². The lowest BCUT2D eigenvalue weighted by molar-refractivity contribution is -0.118. The molecule has 1 amide bonds. The third-order valence-electron chi connectivity index (χ3n) is 5.44. The summed E-state index contributed by atoms with van der Waals surface area (Å²) in [4.78, 5) is 12.5. The van der Waals surface area contributed by atoms with E-state index >= 15 is 0 Å². The Labute approximate surface area is 219 Å². The van der Waals surface area contributed by atoms with Crippen molar-refractivity contribution in [3.63, 3.8) is 0 Å². The number of hydrogen-bond donors (Lipinski definition) is 1. The summed E-state index contributed by atoms with van der Waals surface area (Å²) in [7, 11) is 4.77. The highest BCUT2D eigenvalue weighted by molar-refractivity contribution is 7.99. The predicted octanol–water partition coefficient (Wildman–Crippen LogP) is 4.51. The summed E-state index contributed by atoms with van der Waals surface area (Å²) in [6.45, 7) is 2.03. The van der Waals surface area contributed by atoms with Gasteiger partial charge in [-0.3, -0.25) is 9.36 Å². The minimum Gasteiger partial charge on any atom is -0.497 e. The van der Waals surface area contributed by atoms with E-state index in [1.165, 1.54) is 18.0 Å². The number of nitrogens with one attached hydrogen (secondary N) is 1. The quantitative estimate of drug-likeness (QED) is 0.188. The monoisotopic (exact) mass is 517 g/mol. The van der Waals surface area contributed by atoms with Crippen LogP contribution in [0.3, 0.4) is 0 Å². The maximum absolute atomic E-state index is 12.5. The zero-order valence-corrected chi connectivity index (χ0v) is 21.8. The number of thioether (sulfide) groups is 1. The van der Waals surface area contributed by atoms with Crippen LogP contribution in [0.25, 0.3) is 17.1 Å². The number of rotatable bonds is 10. The molecule has 1 heterocycles. The molecular weight excluding hydrogens is 490 g/mol. The van der Waals surface area contributed by atoms with Crippen LogP contribution in [-0.2, 0) is 4.79 Å². The molecule has 0 saturated heterocycles. The number of aromatic nitrogens is 3. The predicted molar refractivity (Wildman–Crippen MR) is 144 cm³/mol. The zero-order valence-electron chi connectivity index (χ0n) is 21.0. The number of carbonyl (C=O) groups excluding carboxylic acids is 1. The minimum atomic E-state index is -0.283. The van der Waals surface area contributed by atoms with Crippen molar-refractivity contribution in [1.29, 1.82) is 0 Å². The van der Waals surface area contributed by atoms with Crippen LogP contribution in [0.5, 0.6) is 17.2 Å². The van der Waals surface area contributed by atoms with Gasteiger partial charge >= 0.3 is 0 Å². The highest BCUT2D eigenvalue weighted by Gasteiger charge is 2.17. The van der Waals surface area contributed by atoms with Crippen LogP contribution in [-0.4, -0.2) is 54.0 Å². The Morgan fingerprint density at radius 2 is 1.65 bits per heavy atom. The molecule has 1 N–H and O–H groups in total. The van der Waals surface area contributed by atoms with Crippen molar-refractivity contribution in [2.75, 3.05) is 27.1 Å². The largest absolute Gasteiger partial charge is 0.497 e. The molecule has 0 aliphatic heterocycles. The molecule has 4 aromatic rings. The second kappa shape index (κ2) is 12.1. The Balaban J connectivity index is 1.50. The number of aryl methyl sites for hydroxylation is 1. The van der Waals surface area contributed by atoms with Crippen LogP contribution < -0.4 is 19.6 Å². The maximum Gasteiger partial charge on any atom is 0.250 e. The van der Waals surface area contributed by atoms with Crippen molar-refractivity contribution in [2.45, 2.75) is 12.1 Å². The van der Waals surface area contributed by atoms with E-state index in [2.05, 4.69) is 20.7 Å². The van der Waals surface area contributed by atoms with Crippen molar-refractivity contribution in [3.8, 4) is 34.3 Å². The molecular formula is C27H27N5O4S. The zero-order chi connectivity index (χ0) is 26.2. The normalized spacial score (nSPS) is 10.9. The summed E-state index contributed by atoms with van der Waals surface area (Å²) in [5.74, 6) is 2.49. The van der Waals surface area contributed by atoms with Gasteiger partial charge in [-0.2, -0.15) is 5.10 Å². The summed E-state index contributed by atoms with van der Waals surface area (Å²) in [6, 6.07) is 21.0. The van der Waals surface area contributed by atoms with E-state index in [1.807, 2.05) is 60.0 Å². The molecule has 190 valence electrons. The van der Waals surface area contributed by atoms with Crippen LogP contribution in [0, 0.1) is 6.92 Å². The first-order valence-electron chi connectivity index (χ1n) is 11.4. The Morgan fingerprint density at radius 3 is 2.32 bits per heavy atom. The Morgan fingerprint density at radius 1 is 0.946 bits per heavy atom. The van der Waals surface area contributed by atoms with Gasteiger partial charge in [-0.05, 0) is 43.3 Å². The van der Waals surface area contributed by atoms with Crippen LogP contribution in [0.4, 0.5) is 0 Å². The molecule has 0 spiro atoms. The van der Waals surface area contributed by atoms with Crippen molar-refractivity contribution in [1.82, 2.24) is 20.2 Å². The smallest absolute Gasteiger partial charge is 0.250 e. The molecule has 0 aliphatic carbocycles. The lowest BCUT2D eigenvalue weighted by atomic mass is 10.1. The molecule has 0 bridgehead atoms. The number of ether oxygens (including phenoxy) is 3. The fourth-order valence-corrected chi connectivity index (χ4v) is 4.22. The number of nitrogens with zero attached hydrogens (tertiary/aromatic N) is 4. The maximum atomic E-state index is 12.5. The van der Waals surface area contributed by atoms with E-state index in [1.54, 1.807) is 39.5 Å². The van der Waals surface area contributed by atoms with E-state index in [-0.39, 0.29) is 11.7 Å². The lowest BCUT2D eigenvalue weighted by Crippen LogP contribution is -2.20. The van der Waals surface area contributed by atoms with Crippen LogP contribution in [0.15, 0.2) is 77.0 Å². The average Bonchev–Trinajstić information content (AvgIpc) is 3.36. The van der Waals surface area contributed by atoms with Gasteiger partial charge in [0.2, 0.25) is 0 Å². The molecule has 0 saturated carbocycles. The van der Waals surface area contributed by atoms with Gasteiger partial charge in [0.05, 0.1) is 33.3 Å². The molecule has 4 rings (SSSR count).